The van der Waals surface area contributed by atoms with E-state index in [1.165, 1.54) is 28.4 Å². The number of imide groups is 1. The first-order valence-electron chi connectivity index (χ1n) is 14.3. The minimum atomic E-state index is -4.43. The number of carboxylic acid groups (broad SMARTS) is 1. The molecule has 1 aliphatic carbocycles. The van der Waals surface area contributed by atoms with E-state index < -0.39 is 23.2 Å². The number of benzene rings is 2. The molecule has 3 heterocycles. The van der Waals surface area contributed by atoms with Crippen molar-refractivity contribution in [3.8, 4) is 11.3 Å². The third-order valence-corrected chi connectivity index (χ3v) is 9.70. The molecule has 0 bridgehead atoms. The van der Waals surface area contributed by atoms with Gasteiger partial charge in [0.2, 0.25) is 0 Å². The number of thiazole rings is 1. The fourth-order valence-corrected chi connectivity index (χ4v) is 7.02. The summed E-state index contributed by atoms with van der Waals surface area (Å²) in [5, 5.41) is 11.5. The number of amides is 3. The number of hydrogen-bond acceptors (Lipinski definition) is 6. The third kappa shape index (κ3) is 5.72. The van der Waals surface area contributed by atoms with Gasteiger partial charge in [0, 0.05) is 36.3 Å². The summed E-state index contributed by atoms with van der Waals surface area (Å²) in [6.45, 7) is 1.56. The first kappa shape index (κ1) is 29.2. The molecule has 12 heteroatoms. The van der Waals surface area contributed by atoms with E-state index in [0.717, 1.165) is 37.1 Å². The zero-order valence-corrected chi connectivity index (χ0v) is 24.2. The van der Waals surface area contributed by atoms with Crippen LogP contribution in [0.25, 0.3) is 11.3 Å². The fourth-order valence-electron chi connectivity index (χ4n) is 6.23. The number of nitrogens with zero attached hydrogens (tertiary/aromatic N) is 4. The van der Waals surface area contributed by atoms with E-state index in [-0.39, 0.29) is 24.9 Å². The molecule has 1 aromatic heterocycles. The Bertz CT molecular complexity index is 1530. The number of aliphatic carboxylic acids is 1. The van der Waals surface area contributed by atoms with Gasteiger partial charge in [-0.2, -0.15) is 13.2 Å². The second-order valence-electron chi connectivity index (χ2n) is 11.5. The van der Waals surface area contributed by atoms with Crippen LogP contribution in [-0.2, 0) is 28.7 Å². The minimum Gasteiger partial charge on any atom is -0.481 e. The van der Waals surface area contributed by atoms with E-state index >= 15 is 0 Å². The number of hydrogen-bond donors (Lipinski definition) is 1. The summed E-state index contributed by atoms with van der Waals surface area (Å²) in [5.41, 5.74) is 0.877. The van der Waals surface area contributed by atoms with Gasteiger partial charge >= 0.3 is 18.2 Å². The SMILES string of the molecule is O=C(O)Cc1cccc(N2CCC3(CC2)C(=O)N(CC2CCC2)C(=O)N3Cc2nc(-c3ccc(C(F)(F)F)cc3)cs2)c1. The van der Waals surface area contributed by atoms with Crippen molar-refractivity contribution in [3.05, 3.63) is 70.0 Å². The van der Waals surface area contributed by atoms with E-state index in [1.54, 1.807) is 16.3 Å². The molecule has 43 heavy (non-hydrogen) atoms. The third-order valence-electron chi connectivity index (χ3n) is 8.86. The first-order chi connectivity index (χ1) is 20.5. The smallest absolute Gasteiger partial charge is 0.416 e. The summed E-state index contributed by atoms with van der Waals surface area (Å²) in [6, 6.07) is 11.9. The summed E-state index contributed by atoms with van der Waals surface area (Å²) in [5.74, 6) is -0.771. The molecule has 1 spiro atoms. The van der Waals surface area contributed by atoms with Gasteiger partial charge in [-0.25, -0.2) is 9.78 Å². The van der Waals surface area contributed by atoms with Gasteiger partial charge in [0.05, 0.1) is 24.2 Å². The Labute approximate surface area is 250 Å². The summed E-state index contributed by atoms with van der Waals surface area (Å²) in [6.07, 6.45) is -0.591. The van der Waals surface area contributed by atoms with Crippen molar-refractivity contribution in [2.24, 2.45) is 5.92 Å². The quantitative estimate of drug-likeness (QED) is 0.311. The van der Waals surface area contributed by atoms with Crippen molar-refractivity contribution in [2.45, 2.75) is 56.8 Å². The number of carbonyl (C=O) groups excluding carboxylic acids is 2. The van der Waals surface area contributed by atoms with Crippen molar-refractivity contribution < 1.29 is 32.7 Å². The second kappa shape index (κ2) is 11.3. The summed E-state index contributed by atoms with van der Waals surface area (Å²) < 4.78 is 39.0. The molecule has 3 amide bonds. The van der Waals surface area contributed by atoms with Crippen LogP contribution >= 0.6 is 11.3 Å². The maximum absolute atomic E-state index is 14.0. The summed E-state index contributed by atoms with van der Waals surface area (Å²) in [7, 11) is 0. The Balaban J connectivity index is 1.23. The minimum absolute atomic E-state index is 0.0786. The van der Waals surface area contributed by atoms with Crippen molar-refractivity contribution in [2.75, 3.05) is 24.5 Å². The van der Waals surface area contributed by atoms with Crippen molar-refractivity contribution in [1.82, 2.24) is 14.8 Å². The van der Waals surface area contributed by atoms with Crippen molar-refractivity contribution >= 4 is 34.9 Å². The van der Waals surface area contributed by atoms with Gasteiger partial charge in [-0.1, -0.05) is 30.7 Å². The maximum atomic E-state index is 14.0. The van der Waals surface area contributed by atoms with E-state index in [9.17, 15) is 32.7 Å². The Morgan fingerprint density at radius 3 is 2.42 bits per heavy atom. The highest BCUT2D eigenvalue weighted by Crippen LogP contribution is 2.41. The van der Waals surface area contributed by atoms with Crippen LogP contribution in [0.1, 0.15) is 48.2 Å². The Morgan fingerprint density at radius 1 is 1.07 bits per heavy atom. The molecule has 8 nitrogen and oxygen atoms in total. The van der Waals surface area contributed by atoms with Crippen LogP contribution in [0.2, 0.25) is 0 Å². The lowest BCUT2D eigenvalue weighted by Gasteiger charge is -2.43. The Hall–Kier alpha value is -3.93. The van der Waals surface area contributed by atoms with Gasteiger partial charge in [0.15, 0.2) is 0 Å². The fraction of sp³-hybridized carbons (Fsp3) is 0.419. The summed E-state index contributed by atoms with van der Waals surface area (Å²) in [4.78, 5) is 48.8. The van der Waals surface area contributed by atoms with Crippen LogP contribution in [0.5, 0.6) is 0 Å². The number of rotatable bonds is 8. The van der Waals surface area contributed by atoms with Gasteiger partial charge in [0.1, 0.15) is 10.5 Å². The molecule has 1 saturated carbocycles. The predicted octanol–water partition coefficient (Wildman–Crippen LogP) is 6.06. The van der Waals surface area contributed by atoms with Crippen LogP contribution in [0.4, 0.5) is 23.7 Å². The second-order valence-corrected chi connectivity index (χ2v) is 12.5. The molecule has 2 aliphatic heterocycles. The van der Waals surface area contributed by atoms with Crippen LogP contribution in [0.15, 0.2) is 53.9 Å². The highest BCUT2D eigenvalue weighted by molar-refractivity contribution is 7.09. The van der Waals surface area contributed by atoms with E-state index in [1.807, 2.05) is 18.2 Å². The molecular formula is C31H31F3N4O4S. The molecule has 3 aromatic rings. The van der Waals surface area contributed by atoms with Crippen molar-refractivity contribution in [3.63, 3.8) is 0 Å². The molecule has 2 aromatic carbocycles. The Morgan fingerprint density at radius 2 is 1.79 bits per heavy atom. The highest BCUT2D eigenvalue weighted by Gasteiger charge is 2.58. The number of piperidine rings is 1. The average Bonchev–Trinajstić information content (AvgIpc) is 3.49. The molecule has 6 rings (SSSR count). The number of anilines is 1. The van der Waals surface area contributed by atoms with E-state index in [0.29, 0.717) is 60.2 Å². The average molecular weight is 613 g/mol. The lowest BCUT2D eigenvalue weighted by Crippen LogP contribution is -2.56. The zero-order valence-electron chi connectivity index (χ0n) is 23.3. The monoisotopic (exact) mass is 612 g/mol. The first-order valence-corrected chi connectivity index (χ1v) is 15.2. The maximum Gasteiger partial charge on any atom is 0.416 e. The summed E-state index contributed by atoms with van der Waals surface area (Å²) >= 11 is 1.31. The van der Waals surface area contributed by atoms with Crippen molar-refractivity contribution in [1.29, 1.82) is 0 Å². The van der Waals surface area contributed by atoms with Gasteiger partial charge in [-0.15, -0.1) is 11.3 Å². The topological polar surface area (TPSA) is 94.0 Å². The number of halogens is 3. The molecule has 3 fully saturated rings. The van der Waals surface area contributed by atoms with Crippen LogP contribution in [-0.4, -0.2) is 63.0 Å². The number of carboxylic acids is 1. The molecule has 0 atom stereocenters. The molecule has 1 N–H and O–H groups in total. The highest BCUT2D eigenvalue weighted by atomic mass is 32.1. The molecule has 3 aliphatic rings. The Kier molecular flexibility index (Phi) is 7.66. The van der Waals surface area contributed by atoms with Gasteiger partial charge in [-0.3, -0.25) is 14.5 Å². The van der Waals surface area contributed by atoms with Gasteiger partial charge < -0.3 is 14.9 Å². The van der Waals surface area contributed by atoms with Gasteiger partial charge in [-0.05, 0) is 61.4 Å². The molecular weight excluding hydrogens is 581 g/mol. The van der Waals surface area contributed by atoms with E-state index in [2.05, 4.69) is 9.88 Å². The molecule has 0 unspecified atom stereocenters. The van der Waals surface area contributed by atoms with E-state index in [4.69, 9.17) is 0 Å². The standard InChI is InChI=1S/C31H31F3N4O4S/c32-31(33,34)23-9-7-22(8-10-23)25-19-43-26(35-25)18-38-29(42)37(17-20-3-1-4-20)28(41)30(38)11-13-36(14-12-30)24-6-2-5-21(15-24)16-27(39)40/h2,5-10,15,19-20H,1,3-4,11-14,16-18H2,(H,39,40). The molecule has 2 saturated heterocycles. The predicted molar refractivity (Wildman–Crippen MR) is 155 cm³/mol. The molecule has 226 valence electrons. The number of carbonyl (C=O) groups is 3. The lowest BCUT2D eigenvalue weighted by atomic mass is 9.83. The van der Waals surface area contributed by atoms with Gasteiger partial charge in [0.25, 0.3) is 5.91 Å². The largest absolute Gasteiger partial charge is 0.481 e. The van der Waals surface area contributed by atoms with Crippen LogP contribution in [0, 0.1) is 5.92 Å². The normalized spacial score (nSPS) is 18.9. The number of alkyl halides is 3. The zero-order chi connectivity index (χ0) is 30.4. The lowest BCUT2D eigenvalue weighted by molar-refractivity contribution is -0.138. The van der Waals surface area contributed by atoms with Crippen LogP contribution in [0.3, 0.4) is 0 Å². The number of aromatic nitrogens is 1. The number of urea groups is 1. The molecule has 0 radical (unpaired) electrons. The van der Waals surface area contributed by atoms with Crippen LogP contribution < -0.4 is 4.90 Å².